The van der Waals surface area contributed by atoms with Crippen LogP contribution in [-0.4, -0.2) is 28.6 Å². The molecule has 2 amide bonds. The van der Waals surface area contributed by atoms with Gasteiger partial charge in [-0.3, -0.25) is 14.9 Å². The summed E-state index contributed by atoms with van der Waals surface area (Å²) in [7, 11) is 0. The zero-order chi connectivity index (χ0) is 19.8. The van der Waals surface area contributed by atoms with Crippen molar-refractivity contribution in [3.8, 4) is 27.6 Å². The summed E-state index contributed by atoms with van der Waals surface area (Å²) in [6.45, 7) is 0.00940. The van der Waals surface area contributed by atoms with Gasteiger partial charge in [0.05, 0.1) is 16.3 Å². The molecule has 144 valence electrons. The molecule has 4 aromatic rings. The summed E-state index contributed by atoms with van der Waals surface area (Å²) in [5.41, 5.74) is 2.25. The highest BCUT2D eigenvalue weighted by molar-refractivity contribution is 7.14. The molecule has 1 aromatic carbocycles. The molecule has 0 unspecified atom stereocenters. The second kappa shape index (κ2) is 7.15. The van der Waals surface area contributed by atoms with Gasteiger partial charge in [-0.05, 0) is 29.6 Å². The number of fused-ring (bicyclic) bond motifs is 1. The van der Waals surface area contributed by atoms with Crippen LogP contribution in [0.1, 0.15) is 10.5 Å². The van der Waals surface area contributed by atoms with E-state index in [0.717, 1.165) is 10.4 Å². The van der Waals surface area contributed by atoms with Crippen molar-refractivity contribution < 1.29 is 18.8 Å². The fourth-order valence-electron chi connectivity index (χ4n) is 2.78. The average Bonchev–Trinajstić information content (AvgIpc) is 3.47. The van der Waals surface area contributed by atoms with Gasteiger partial charge in [0.2, 0.25) is 0 Å². The third kappa shape index (κ3) is 3.50. The number of thiazole rings is 1. The van der Waals surface area contributed by atoms with Gasteiger partial charge >= 0.3 is 0 Å². The quantitative estimate of drug-likeness (QED) is 0.511. The van der Waals surface area contributed by atoms with Crippen LogP contribution in [-0.2, 0) is 4.79 Å². The molecule has 4 heterocycles. The number of nitrogens with zero attached hydrogens (tertiary/aromatic N) is 2. The van der Waals surface area contributed by atoms with Crippen LogP contribution in [0.5, 0.6) is 5.75 Å². The maximum absolute atomic E-state index is 12.4. The monoisotopic (exact) mass is 424 g/mol. The van der Waals surface area contributed by atoms with Gasteiger partial charge in [0.1, 0.15) is 5.75 Å². The van der Waals surface area contributed by atoms with Crippen LogP contribution in [0.4, 0.5) is 10.8 Å². The summed E-state index contributed by atoms with van der Waals surface area (Å²) >= 11 is 2.80. The maximum atomic E-state index is 12.4. The van der Waals surface area contributed by atoms with Gasteiger partial charge in [0, 0.05) is 17.0 Å². The number of aromatic nitrogens is 2. The number of carbonyl (C=O) groups is 2. The first-order valence-corrected chi connectivity index (χ1v) is 10.3. The minimum absolute atomic E-state index is 0.00940. The highest BCUT2D eigenvalue weighted by Gasteiger charge is 2.18. The van der Waals surface area contributed by atoms with Crippen LogP contribution in [0.2, 0.25) is 0 Å². The van der Waals surface area contributed by atoms with Crippen LogP contribution < -0.4 is 15.4 Å². The van der Waals surface area contributed by atoms with E-state index in [2.05, 4.69) is 20.8 Å². The molecule has 0 bridgehead atoms. The van der Waals surface area contributed by atoms with Gasteiger partial charge < -0.3 is 14.6 Å². The summed E-state index contributed by atoms with van der Waals surface area (Å²) in [6.07, 6.45) is 0. The minimum Gasteiger partial charge on any atom is -0.482 e. The van der Waals surface area contributed by atoms with Crippen LogP contribution >= 0.6 is 22.7 Å². The second-order valence-corrected chi connectivity index (χ2v) is 7.90. The topological polar surface area (TPSA) is 106 Å². The van der Waals surface area contributed by atoms with Crippen molar-refractivity contribution in [2.24, 2.45) is 0 Å². The number of anilines is 2. The number of carbonyl (C=O) groups excluding carboxylic acids is 2. The predicted octanol–water partition coefficient (Wildman–Crippen LogP) is 4.11. The van der Waals surface area contributed by atoms with E-state index < -0.39 is 5.91 Å². The van der Waals surface area contributed by atoms with Gasteiger partial charge in [0.25, 0.3) is 11.8 Å². The molecule has 0 radical (unpaired) electrons. The number of hydrogen-bond acceptors (Lipinski definition) is 8. The molecule has 0 aliphatic carbocycles. The number of amides is 2. The normalized spacial score (nSPS) is 12.8. The molecule has 1 aliphatic rings. The number of nitrogens with one attached hydrogen (secondary N) is 2. The Morgan fingerprint density at radius 2 is 2.14 bits per heavy atom. The smallest absolute Gasteiger partial charge is 0.279 e. The van der Waals surface area contributed by atoms with Crippen LogP contribution in [0.15, 0.2) is 51.7 Å². The van der Waals surface area contributed by atoms with E-state index in [1.165, 1.54) is 22.7 Å². The summed E-state index contributed by atoms with van der Waals surface area (Å²) in [5, 5.41) is 13.5. The van der Waals surface area contributed by atoms with Crippen molar-refractivity contribution in [1.82, 2.24) is 10.1 Å². The first-order valence-electron chi connectivity index (χ1n) is 8.50. The maximum Gasteiger partial charge on any atom is 0.279 e. The number of rotatable bonds is 4. The highest BCUT2D eigenvalue weighted by atomic mass is 32.1. The number of benzene rings is 1. The highest BCUT2D eigenvalue weighted by Crippen LogP contribution is 2.34. The lowest BCUT2D eigenvalue weighted by Crippen LogP contribution is -2.25. The van der Waals surface area contributed by atoms with Crippen molar-refractivity contribution in [1.29, 1.82) is 0 Å². The largest absolute Gasteiger partial charge is 0.482 e. The Morgan fingerprint density at radius 3 is 3.00 bits per heavy atom. The lowest BCUT2D eigenvalue weighted by Gasteiger charge is -2.18. The van der Waals surface area contributed by atoms with Crippen LogP contribution in [0, 0.1) is 0 Å². The molecule has 0 fully saturated rings. The van der Waals surface area contributed by atoms with E-state index in [4.69, 9.17) is 9.26 Å². The van der Waals surface area contributed by atoms with Crippen LogP contribution in [0.25, 0.3) is 21.9 Å². The SMILES string of the molecule is O=C1COc2ccc(-c3csc(NC(=O)c4cc(-c5cccs5)on4)n3)cc2N1. The summed E-state index contributed by atoms with van der Waals surface area (Å²) in [4.78, 5) is 29.3. The van der Waals surface area contributed by atoms with Crippen molar-refractivity contribution >= 4 is 45.3 Å². The van der Waals surface area contributed by atoms with Crippen molar-refractivity contribution in [3.05, 3.63) is 52.9 Å². The Kier molecular flexibility index (Phi) is 4.34. The zero-order valence-electron chi connectivity index (χ0n) is 14.7. The average molecular weight is 424 g/mol. The molecule has 0 saturated heterocycles. The fraction of sp³-hybridized carbons (Fsp3) is 0.0526. The molecule has 1 aliphatic heterocycles. The van der Waals surface area contributed by atoms with Gasteiger partial charge in [0.15, 0.2) is 23.2 Å². The van der Waals surface area contributed by atoms with Gasteiger partial charge in [-0.1, -0.05) is 11.2 Å². The Labute approximate surface area is 172 Å². The van der Waals surface area contributed by atoms with Gasteiger partial charge in [-0.25, -0.2) is 4.98 Å². The van der Waals surface area contributed by atoms with E-state index in [-0.39, 0.29) is 18.2 Å². The van der Waals surface area contributed by atoms with E-state index in [1.807, 2.05) is 29.0 Å². The summed E-state index contributed by atoms with van der Waals surface area (Å²) in [5.74, 6) is 0.562. The molecule has 2 N–H and O–H groups in total. The van der Waals surface area contributed by atoms with Gasteiger partial charge in [-0.15, -0.1) is 22.7 Å². The first-order chi connectivity index (χ1) is 14.2. The van der Waals surface area contributed by atoms with Crippen molar-refractivity contribution in [2.45, 2.75) is 0 Å². The zero-order valence-corrected chi connectivity index (χ0v) is 16.3. The van der Waals surface area contributed by atoms with E-state index in [9.17, 15) is 9.59 Å². The Morgan fingerprint density at radius 1 is 1.21 bits per heavy atom. The minimum atomic E-state index is -0.399. The predicted molar refractivity (Wildman–Crippen MR) is 109 cm³/mol. The van der Waals surface area contributed by atoms with E-state index in [0.29, 0.717) is 28.0 Å². The first kappa shape index (κ1) is 17.6. The van der Waals surface area contributed by atoms with E-state index in [1.54, 1.807) is 18.2 Å². The Hall–Kier alpha value is -3.50. The second-order valence-electron chi connectivity index (χ2n) is 6.09. The molecule has 3 aromatic heterocycles. The molecular weight excluding hydrogens is 412 g/mol. The number of thiophene rings is 1. The van der Waals surface area contributed by atoms with Gasteiger partial charge in [-0.2, -0.15) is 0 Å². The molecule has 0 spiro atoms. The number of hydrogen-bond donors (Lipinski definition) is 2. The standard InChI is InChI=1S/C19H12N4O4S2/c24-17-8-26-14-4-3-10(6-11(14)20-17)13-9-29-19(21-13)22-18(25)12-7-15(27-23-12)16-2-1-5-28-16/h1-7,9H,8H2,(H,20,24)(H,21,22,25). The van der Waals surface area contributed by atoms with Crippen molar-refractivity contribution in [2.75, 3.05) is 17.2 Å². The summed E-state index contributed by atoms with van der Waals surface area (Å²) < 4.78 is 10.6. The molecule has 5 rings (SSSR count). The lowest BCUT2D eigenvalue weighted by atomic mass is 10.1. The molecule has 10 heteroatoms. The fourth-order valence-corrected chi connectivity index (χ4v) is 4.17. The molecule has 8 nitrogen and oxygen atoms in total. The van der Waals surface area contributed by atoms with Crippen molar-refractivity contribution in [3.63, 3.8) is 0 Å². The third-order valence-corrected chi connectivity index (χ3v) is 5.78. The molecule has 0 atom stereocenters. The Bertz CT molecular complexity index is 1210. The summed E-state index contributed by atoms with van der Waals surface area (Å²) in [6, 6.07) is 10.8. The Balaban J connectivity index is 1.32. The molecule has 0 saturated carbocycles. The van der Waals surface area contributed by atoms with E-state index >= 15 is 0 Å². The molecule has 29 heavy (non-hydrogen) atoms. The number of ether oxygens (including phenoxy) is 1. The van der Waals surface area contributed by atoms with Crippen LogP contribution in [0.3, 0.4) is 0 Å². The lowest BCUT2D eigenvalue weighted by molar-refractivity contribution is -0.118. The third-order valence-electron chi connectivity index (χ3n) is 4.14. The molecular formula is C19H12N4O4S2.